The normalized spacial score (nSPS) is 12.9. The number of carbonyl (C=O) groups is 2. The lowest BCUT2D eigenvalue weighted by Gasteiger charge is -2.15. The van der Waals surface area contributed by atoms with Gasteiger partial charge in [-0.2, -0.15) is 0 Å². The van der Waals surface area contributed by atoms with E-state index >= 15 is 0 Å². The summed E-state index contributed by atoms with van der Waals surface area (Å²) >= 11 is 1.74. The third-order valence-electron chi connectivity index (χ3n) is 9.18. The fraction of sp³-hybridized carbons (Fsp3) is 0.273. The Labute approximate surface area is 311 Å². The highest BCUT2D eigenvalue weighted by molar-refractivity contribution is 7.99. The largest absolute Gasteiger partial charge is 0.309 e. The van der Waals surface area contributed by atoms with E-state index in [-0.39, 0.29) is 11.7 Å². The molecule has 3 heterocycles. The van der Waals surface area contributed by atoms with E-state index in [0.717, 1.165) is 75.2 Å². The lowest BCUT2D eigenvalue weighted by Crippen LogP contribution is -2.21. The van der Waals surface area contributed by atoms with Gasteiger partial charge in [-0.1, -0.05) is 97.1 Å². The maximum atomic E-state index is 12.6. The third kappa shape index (κ3) is 10.3. The first kappa shape index (κ1) is 36.9. The summed E-state index contributed by atoms with van der Waals surface area (Å²) < 4.78 is 0. The molecule has 0 spiro atoms. The number of Topliss-reactive ketones (excluding diaryl/α,β-unsaturated/α-hetero) is 1. The van der Waals surface area contributed by atoms with Crippen LogP contribution in [0.4, 0.5) is 5.82 Å². The van der Waals surface area contributed by atoms with E-state index in [1.165, 1.54) is 25.9 Å². The monoisotopic (exact) mass is 709 g/mol. The van der Waals surface area contributed by atoms with E-state index < -0.39 is 0 Å². The molecule has 7 rings (SSSR count). The Morgan fingerprint density at radius 2 is 1.37 bits per heavy atom. The van der Waals surface area contributed by atoms with E-state index in [1.54, 1.807) is 11.8 Å². The summed E-state index contributed by atoms with van der Waals surface area (Å²) in [7, 11) is 4.14. The van der Waals surface area contributed by atoms with E-state index in [4.69, 9.17) is 9.97 Å². The summed E-state index contributed by atoms with van der Waals surface area (Å²) in [6, 6.07) is 39.2. The number of aryl methyl sites for hydroxylation is 1. The molecule has 52 heavy (non-hydrogen) atoms. The van der Waals surface area contributed by atoms with Crippen molar-refractivity contribution in [1.82, 2.24) is 19.8 Å². The first-order valence-corrected chi connectivity index (χ1v) is 19.1. The van der Waals surface area contributed by atoms with Crippen molar-refractivity contribution in [1.29, 1.82) is 0 Å². The summed E-state index contributed by atoms with van der Waals surface area (Å²) in [5, 5.41) is 8.29. The molecule has 0 bridgehead atoms. The van der Waals surface area contributed by atoms with Crippen molar-refractivity contribution in [3.63, 3.8) is 0 Å². The van der Waals surface area contributed by atoms with Crippen LogP contribution >= 0.6 is 11.8 Å². The predicted molar refractivity (Wildman–Crippen MR) is 216 cm³/mol. The molecule has 1 aliphatic heterocycles. The Hall–Kier alpha value is -4.89. The number of thioether (sulfide) groups is 1. The van der Waals surface area contributed by atoms with Gasteiger partial charge in [-0.05, 0) is 94.5 Å². The summed E-state index contributed by atoms with van der Waals surface area (Å²) in [6.07, 6.45) is 4.99. The number of ketones is 1. The van der Waals surface area contributed by atoms with Crippen molar-refractivity contribution in [3.05, 3.63) is 144 Å². The minimum atomic E-state index is -0.123. The van der Waals surface area contributed by atoms with E-state index in [1.807, 2.05) is 97.1 Å². The number of amides is 1. The fourth-order valence-electron chi connectivity index (χ4n) is 6.40. The number of carbonyl (C=O) groups excluding carboxylic acids is 2. The molecule has 6 aromatic rings. The van der Waals surface area contributed by atoms with Gasteiger partial charge in [0.2, 0.25) is 0 Å². The van der Waals surface area contributed by atoms with E-state index in [2.05, 4.69) is 53.5 Å². The van der Waals surface area contributed by atoms with E-state index in [9.17, 15) is 9.59 Å². The number of fused-ring (bicyclic) bond motifs is 2. The molecule has 0 atom stereocenters. The molecular formula is C44H47N5O2S. The molecule has 0 unspecified atom stereocenters. The zero-order valence-electron chi connectivity index (χ0n) is 30.1. The van der Waals surface area contributed by atoms with Crippen LogP contribution in [-0.2, 0) is 12.8 Å². The second-order valence-corrected chi connectivity index (χ2v) is 14.5. The summed E-state index contributed by atoms with van der Waals surface area (Å²) in [5.74, 6) is 1.61. The zero-order valence-corrected chi connectivity index (χ0v) is 30.9. The molecule has 1 fully saturated rings. The quantitative estimate of drug-likeness (QED) is 0.0949. The highest BCUT2D eigenvalue weighted by Crippen LogP contribution is 2.26. The molecule has 2 aromatic heterocycles. The molecule has 0 saturated carbocycles. The average Bonchev–Trinajstić information content (AvgIpc) is 3.69. The van der Waals surface area contributed by atoms with Gasteiger partial charge in [0.25, 0.3) is 5.91 Å². The standard InChI is InChI=1S/C23H25N3O.C21H22N2OS/c27-23(18-9-2-1-3-10-18)25-22-21-13-5-4-11-19(21)17-20(24-22)12-8-16-26-14-6-7-15-26;1-23(2)12-13-25-21-14-17-10-6-7-11-18(17)19(22-21)15-20(24)16-8-4-3-5-9-16/h1-5,9-11,13,17H,6-8,12,14-16H2,(H,24,25,27);3-11,14H,12-13,15H2,1-2H3. The Morgan fingerprint density at radius 1 is 0.750 bits per heavy atom. The van der Waals surface area contributed by atoms with Crippen LogP contribution < -0.4 is 5.32 Å². The van der Waals surface area contributed by atoms with Crippen molar-refractivity contribution in [2.24, 2.45) is 0 Å². The van der Waals surface area contributed by atoms with Gasteiger partial charge >= 0.3 is 0 Å². The molecule has 7 nitrogen and oxygen atoms in total. The number of pyridine rings is 2. The Balaban J connectivity index is 0.000000179. The SMILES string of the molecule is CN(C)CCSc1cc2ccccc2c(CC(=O)c2ccccc2)n1.O=C(Nc1nc(CCCN2CCCC2)cc2ccccc12)c1ccccc1. The van der Waals surface area contributed by atoms with Crippen molar-refractivity contribution >= 4 is 50.8 Å². The second-order valence-electron chi connectivity index (χ2n) is 13.4. The molecule has 266 valence electrons. The maximum absolute atomic E-state index is 12.6. The Kier molecular flexibility index (Phi) is 13.2. The van der Waals surface area contributed by atoms with Crippen LogP contribution in [0, 0.1) is 0 Å². The van der Waals surface area contributed by atoms with Gasteiger partial charge < -0.3 is 15.1 Å². The maximum Gasteiger partial charge on any atom is 0.256 e. The molecule has 1 N–H and O–H groups in total. The van der Waals surface area contributed by atoms with Crippen molar-refractivity contribution in [3.8, 4) is 0 Å². The van der Waals surface area contributed by atoms with Crippen LogP contribution in [0.5, 0.6) is 0 Å². The molecule has 0 aliphatic carbocycles. The van der Waals surface area contributed by atoms with Crippen LogP contribution in [0.3, 0.4) is 0 Å². The number of nitrogens with one attached hydrogen (secondary N) is 1. The first-order valence-electron chi connectivity index (χ1n) is 18.1. The van der Waals surface area contributed by atoms with Crippen molar-refractivity contribution in [2.45, 2.75) is 37.1 Å². The molecular weight excluding hydrogens is 663 g/mol. The smallest absolute Gasteiger partial charge is 0.256 e. The number of anilines is 1. The van der Waals surface area contributed by atoms with Gasteiger partial charge in [-0.25, -0.2) is 9.97 Å². The number of nitrogens with zero attached hydrogens (tertiary/aromatic N) is 4. The molecule has 4 aromatic carbocycles. The highest BCUT2D eigenvalue weighted by atomic mass is 32.2. The van der Waals surface area contributed by atoms with Gasteiger partial charge in [0.15, 0.2) is 5.78 Å². The van der Waals surface area contributed by atoms with Crippen molar-refractivity contribution < 1.29 is 9.59 Å². The van der Waals surface area contributed by atoms with Gasteiger partial charge in [0.1, 0.15) is 5.82 Å². The van der Waals surface area contributed by atoms with Crippen LogP contribution in [0.2, 0.25) is 0 Å². The van der Waals surface area contributed by atoms with Gasteiger partial charge in [0, 0.05) is 39.9 Å². The van der Waals surface area contributed by atoms with E-state index in [0.29, 0.717) is 17.8 Å². The van der Waals surface area contributed by atoms with Crippen molar-refractivity contribution in [2.75, 3.05) is 51.3 Å². The highest BCUT2D eigenvalue weighted by Gasteiger charge is 2.15. The number of hydrogen-bond donors (Lipinski definition) is 1. The fourth-order valence-corrected chi connectivity index (χ4v) is 7.45. The van der Waals surface area contributed by atoms with Crippen LogP contribution in [0.1, 0.15) is 51.4 Å². The molecule has 1 amide bonds. The van der Waals surface area contributed by atoms with Crippen LogP contribution in [-0.4, -0.2) is 77.5 Å². The minimum absolute atomic E-state index is 0.105. The number of rotatable bonds is 13. The molecule has 1 saturated heterocycles. The Bertz CT molecular complexity index is 2080. The Morgan fingerprint density at radius 3 is 2.06 bits per heavy atom. The number of benzene rings is 4. The van der Waals surface area contributed by atoms with Gasteiger partial charge in [-0.3, -0.25) is 9.59 Å². The second kappa shape index (κ2) is 18.6. The number of hydrogen-bond acceptors (Lipinski definition) is 7. The number of aromatic nitrogens is 2. The number of likely N-dealkylation sites (tertiary alicyclic amines) is 1. The van der Waals surface area contributed by atoms with Crippen LogP contribution in [0.25, 0.3) is 21.5 Å². The first-order chi connectivity index (χ1) is 25.4. The molecule has 1 aliphatic rings. The topological polar surface area (TPSA) is 78.4 Å². The molecule has 8 heteroatoms. The minimum Gasteiger partial charge on any atom is -0.309 e. The summed E-state index contributed by atoms with van der Waals surface area (Å²) in [4.78, 5) is 39.5. The summed E-state index contributed by atoms with van der Waals surface area (Å²) in [5.41, 5.74) is 3.28. The summed E-state index contributed by atoms with van der Waals surface area (Å²) in [6.45, 7) is 4.57. The zero-order chi connectivity index (χ0) is 36.1. The predicted octanol–water partition coefficient (Wildman–Crippen LogP) is 8.83. The van der Waals surface area contributed by atoms with Gasteiger partial charge in [0.05, 0.1) is 17.1 Å². The molecule has 0 radical (unpaired) electrons. The van der Waals surface area contributed by atoms with Gasteiger partial charge in [-0.15, -0.1) is 11.8 Å². The lowest BCUT2D eigenvalue weighted by atomic mass is 10.0. The third-order valence-corrected chi connectivity index (χ3v) is 10.1. The van der Waals surface area contributed by atoms with Crippen LogP contribution in [0.15, 0.2) is 126 Å². The average molecular weight is 710 g/mol. The lowest BCUT2D eigenvalue weighted by molar-refractivity contribution is 0.0990.